The van der Waals surface area contributed by atoms with Crippen molar-refractivity contribution in [2.75, 3.05) is 43.5 Å². The fraction of sp³-hybridized carbons (Fsp3) is 0.350. The topological polar surface area (TPSA) is 87.7 Å². The van der Waals surface area contributed by atoms with E-state index in [0.29, 0.717) is 11.4 Å². The summed E-state index contributed by atoms with van der Waals surface area (Å²) in [6, 6.07) is 9.29. The SMILES string of the molecule is Cc1ccc(NC(=O)CNc2ccc(F)c(S(=O)(=O)N3CCOCC3)c2)cc1C. The predicted molar refractivity (Wildman–Crippen MR) is 109 cm³/mol. The highest BCUT2D eigenvalue weighted by molar-refractivity contribution is 7.89. The molecule has 0 aromatic heterocycles. The summed E-state index contributed by atoms with van der Waals surface area (Å²) in [5.41, 5.74) is 3.21. The van der Waals surface area contributed by atoms with Crippen molar-refractivity contribution in [2.45, 2.75) is 18.7 Å². The number of nitrogens with one attached hydrogen (secondary N) is 2. The molecule has 2 N–H and O–H groups in total. The highest BCUT2D eigenvalue weighted by atomic mass is 32.2. The third kappa shape index (κ3) is 5.11. The number of anilines is 2. The molecule has 2 aromatic rings. The van der Waals surface area contributed by atoms with E-state index in [0.717, 1.165) is 17.2 Å². The van der Waals surface area contributed by atoms with Crippen LogP contribution in [0, 0.1) is 19.7 Å². The number of carbonyl (C=O) groups is 1. The zero-order chi connectivity index (χ0) is 21.0. The van der Waals surface area contributed by atoms with Crippen LogP contribution < -0.4 is 10.6 Å². The standard InChI is InChI=1S/C20H24FN3O4S/c1-14-3-4-17(11-15(14)2)23-20(25)13-22-16-5-6-18(21)19(12-16)29(26,27)24-7-9-28-10-8-24/h3-6,11-12,22H,7-10,13H2,1-2H3,(H,23,25). The van der Waals surface area contributed by atoms with Crippen molar-refractivity contribution >= 4 is 27.3 Å². The average molecular weight is 421 g/mol. The van der Waals surface area contributed by atoms with Gasteiger partial charge in [-0.2, -0.15) is 4.31 Å². The molecule has 1 amide bonds. The first kappa shape index (κ1) is 21.2. The van der Waals surface area contributed by atoms with Gasteiger partial charge in [0.2, 0.25) is 15.9 Å². The highest BCUT2D eigenvalue weighted by Crippen LogP contribution is 2.24. The van der Waals surface area contributed by atoms with Crippen LogP contribution in [-0.2, 0) is 19.6 Å². The summed E-state index contributed by atoms with van der Waals surface area (Å²) in [5, 5.41) is 5.62. The molecule has 0 aliphatic carbocycles. The van der Waals surface area contributed by atoms with Crippen LogP contribution in [0.2, 0.25) is 0 Å². The molecule has 0 spiro atoms. The summed E-state index contributed by atoms with van der Waals surface area (Å²) < 4.78 is 46.0. The van der Waals surface area contributed by atoms with Crippen molar-refractivity contribution in [1.29, 1.82) is 0 Å². The van der Waals surface area contributed by atoms with Crippen molar-refractivity contribution in [3.8, 4) is 0 Å². The Morgan fingerprint density at radius 3 is 2.45 bits per heavy atom. The zero-order valence-corrected chi connectivity index (χ0v) is 17.2. The van der Waals surface area contributed by atoms with Gasteiger partial charge in [0.05, 0.1) is 19.8 Å². The number of ether oxygens (including phenoxy) is 1. The summed E-state index contributed by atoms with van der Waals surface area (Å²) in [5.74, 6) is -1.13. The van der Waals surface area contributed by atoms with Crippen LogP contribution in [0.15, 0.2) is 41.3 Å². The molecule has 1 fully saturated rings. The molecule has 0 bridgehead atoms. The van der Waals surface area contributed by atoms with Crippen molar-refractivity contribution in [2.24, 2.45) is 0 Å². The fourth-order valence-electron chi connectivity index (χ4n) is 2.94. The molecule has 1 aliphatic heterocycles. The minimum atomic E-state index is -3.97. The van der Waals surface area contributed by atoms with Crippen LogP contribution in [0.25, 0.3) is 0 Å². The Morgan fingerprint density at radius 2 is 1.76 bits per heavy atom. The van der Waals surface area contributed by atoms with E-state index in [-0.39, 0.29) is 38.8 Å². The van der Waals surface area contributed by atoms with Crippen LogP contribution in [0.1, 0.15) is 11.1 Å². The number of benzene rings is 2. The number of morpholine rings is 1. The lowest BCUT2D eigenvalue weighted by atomic mass is 10.1. The van der Waals surface area contributed by atoms with Gasteiger partial charge in [-0.25, -0.2) is 12.8 Å². The number of halogens is 1. The lowest BCUT2D eigenvalue weighted by Gasteiger charge is -2.26. The second kappa shape index (κ2) is 8.89. The zero-order valence-electron chi connectivity index (χ0n) is 16.4. The molecule has 0 radical (unpaired) electrons. The second-order valence-electron chi connectivity index (χ2n) is 6.86. The maximum Gasteiger partial charge on any atom is 0.246 e. The van der Waals surface area contributed by atoms with Gasteiger partial charge in [-0.1, -0.05) is 6.07 Å². The molecule has 3 rings (SSSR count). The van der Waals surface area contributed by atoms with Gasteiger partial charge in [-0.3, -0.25) is 4.79 Å². The first-order valence-corrected chi connectivity index (χ1v) is 10.7. The minimum absolute atomic E-state index is 0.0877. The highest BCUT2D eigenvalue weighted by Gasteiger charge is 2.29. The third-order valence-electron chi connectivity index (χ3n) is 4.76. The van der Waals surface area contributed by atoms with Crippen molar-refractivity contribution < 1.29 is 22.3 Å². The number of rotatable bonds is 6. The Kier molecular flexibility index (Phi) is 6.51. The van der Waals surface area contributed by atoms with E-state index in [1.807, 2.05) is 32.0 Å². The van der Waals surface area contributed by atoms with Gasteiger partial charge in [0.25, 0.3) is 0 Å². The Bertz CT molecular complexity index is 1000. The molecule has 9 heteroatoms. The van der Waals surface area contributed by atoms with E-state index in [1.54, 1.807) is 0 Å². The summed E-state index contributed by atoms with van der Waals surface area (Å²) in [4.78, 5) is 11.8. The second-order valence-corrected chi connectivity index (χ2v) is 8.77. The van der Waals surface area contributed by atoms with Gasteiger partial charge in [0.15, 0.2) is 0 Å². The number of sulfonamides is 1. The molecule has 1 aliphatic rings. The number of aryl methyl sites for hydroxylation is 2. The Hall–Kier alpha value is -2.49. The largest absolute Gasteiger partial charge is 0.379 e. The maximum absolute atomic E-state index is 14.2. The van der Waals surface area contributed by atoms with Crippen molar-refractivity contribution in [1.82, 2.24) is 4.31 Å². The Morgan fingerprint density at radius 1 is 1.07 bits per heavy atom. The molecule has 156 valence electrons. The number of hydrogen-bond donors (Lipinski definition) is 2. The van der Waals surface area contributed by atoms with E-state index in [2.05, 4.69) is 10.6 Å². The van der Waals surface area contributed by atoms with E-state index in [9.17, 15) is 17.6 Å². The lowest BCUT2D eigenvalue weighted by Crippen LogP contribution is -2.40. The summed E-state index contributed by atoms with van der Waals surface area (Å²) >= 11 is 0. The lowest BCUT2D eigenvalue weighted by molar-refractivity contribution is -0.114. The molecule has 1 saturated heterocycles. The first-order valence-electron chi connectivity index (χ1n) is 9.26. The van der Waals surface area contributed by atoms with E-state index in [4.69, 9.17) is 4.74 Å². The van der Waals surface area contributed by atoms with E-state index < -0.39 is 20.7 Å². The summed E-state index contributed by atoms with van der Waals surface area (Å²) in [6.07, 6.45) is 0. The molecule has 1 heterocycles. The third-order valence-corrected chi connectivity index (χ3v) is 6.68. The van der Waals surface area contributed by atoms with Gasteiger partial charge >= 0.3 is 0 Å². The molecular formula is C20H24FN3O4S. The van der Waals surface area contributed by atoms with Crippen LogP contribution in [0.3, 0.4) is 0 Å². The molecule has 29 heavy (non-hydrogen) atoms. The van der Waals surface area contributed by atoms with Crippen molar-refractivity contribution in [3.05, 3.63) is 53.3 Å². The number of nitrogens with zero attached hydrogens (tertiary/aromatic N) is 1. The fourth-order valence-corrected chi connectivity index (χ4v) is 4.44. The maximum atomic E-state index is 14.2. The van der Waals surface area contributed by atoms with Crippen molar-refractivity contribution in [3.63, 3.8) is 0 Å². The Balaban J connectivity index is 1.67. The average Bonchev–Trinajstić information content (AvgIpc) is 2.70. The number of amides is 1. The molecular weight excluding hydrogens is 397 g/mol. The molecule has 0 saturated carbocycles. The van der Waals surface area contributed by atoms with Crippen LogP contribution in [0.4, 0.5) is 15.8 Å². The predicted octanol–water partition coefficient (Wildman–Crippen LogP) is 2.51. The van der Waals surface area contributed by atoms with Crippen LogP contribution >= 0.6 is 0 Å². The van der Waals surface area contributed by atoms with Crippen LogP contribution in [-0.4, -0.2) is 51.5 Å². The summed E-state index contributed by atoms with van der Waals surface area (Å²) in [6.45, 7) is 4.76. The van der Waals surface area contributed by atoms with E-state index in [1.165, 1.54) is 16.4 Å². The van der Waals surface area contributed by atoms with Gasteiger partial charge in [0, 0.05) is 24.5 Å². The van der Waals surface area contributed by atoms with E-state index >= 15 is 0 Å². The minimum Gasteiger partial charge on any atom is -0.379 e. The van der Waals surface area contributed by atoms with Gasteiger partial charge in [-0.15, -0.1) is 0 Å². The smallest absolute Gasteiger partial charge is 0.246 e. The first-order chi connectivity index (χ1) is 13.8. The quantitative estimate of drug-likeness (QED) is 0.748. The van der Waals surface area contributed by atoms with Gasteiger partial charge < -0.3 is 15.4 Å². The Labute approximate surface area is 169 Å². The summed E-state index contributed by atoms with van der Waals surface area (Å²) in [7, 11) is -3.97. The number of carbonyl (C=O) groups excluding carboxylic acids is 1. The van der Waals surface area contributed by atoms with Crippen LogP contribution in [0.5, 0.6) is 0 Å². The molecule has 0 atom stereocenters. The number of hydrogen-bond acceptors (Lipinski definition) is 5. The normalized spacial score (nSPS) is 15.1. The molecule has 0 unspecified atom stereocenters. The molecule has 7 nitrogen and oxygen atoms in total. The van der Waals surface area contributed by atoms with Gasteiger partial charge in [0.1, 0.15) is 10.7 Å². The molecule has 2 aromatic carbocycles. The monoisotopic (exact) mass is 421 g/mol. The van der Waals surface area contributed by atoms with Gasteiger partial charge in [-0.05, 0) is 55.3 Å².